The van der Waals surface area contributed by atoms with Gasteiger partial charge in [-0.05, 0) is 99.5 Å². The van der Waals surface area contributed by atoms with E-state index in [0.717, 1.165) is 69.0 Å². The fourth-order valence-electron chi connectivity index (χ4n) is 9.89. The number of amides is 2. The summed E-state index contributed by atoms with van der Waals surface area (Å²) in [4.78, 5) is 35.3. The number of carbonyl (C=O) groups excluding carboxylic acids is 2. The molecule has 61 heavy (non-hydrogen) atoms. The number of aromatic nitrogens is 2. The van der Waals surface area contributed by atoms with Crippen LogP contribution in [-0.4, -0.2) is 134 Å². The summed E-state index contributed by atoms with van der Waals surface area (Å²) >= 11 is 6.51. The molecule has 16 heteroatoms. The molecule has 330 valence electrons. The van der Waals surface area contributed by atoms with Crippen LogP contribution in [0.2, 0.25) is 5.02 Å². The number of likely N-dealkylation sites (N-methyl/N-ethyl adjacent to an activating group) is 1. The van der Waals surface area contributed by atoms with Crippen LogP contribution in [0.25, 0.3) is 0 Å². The van der Waals surface area contributed by atoms with Crippen molar-refractivity contribution in [1.29, 1.82) is 0 Å². The van der Waals surface area contributed by atoms with E-state index in [0.29, 0.717) is 37.5 Å². The predicted molar refractivity (Wildman–Crippen MR) is 236 cm³/mol. The van der Waals surface area contributed by atoms with E-state index in [1.165, 1.54) is 29.1 Å². The minimum absolute atomic E-state index is 0.0643. The summed E-state index contributed by atoms with van der Waals surface area (Å²) in [6.07, 6.45) is 9.86. The van der Waals surface area contributed by atoms with E-state index in [-0.39, 0.29) is 40.2 Å². The monoisotopic (exact) mass is 877 g/mol. The van der Waals surface area contributed by atoms with E-state index < -0.39 is 33.8 Å². The maximum absolute atomic E-state index is 15.2. The van der Waals surface area contributed by atoms with Crippen molar-refractivity contribution in [2.24, 2.45) is 29.2 Å². The van der Waals surface area contributed by atoms with Gasteiger partial charge in [0.1, 0.15) is 21.2 Å². The maximum atomic E-state index is 15.2. The van der Waals surface area contributed by atoms with E-state index >= 15 is 4.21 Å². The van der Waals surface area contributed by atoms with Gasteiger partial charge in [-0.3, -0.25) is 23.9 Å². The summed E-state index contributed by atoms with van der Waals surface area (Å²) < 4.78 is 48.6. The van der Waals surface area contributed by atoms with Gasteiger partial charge >= 0.3 is 0 Å². The fraction of sp³-hybridized carbons (Fsp3) is 0.578. The summed E-state index contributed by atoms with van der Waals surface area (Å²) in [5.74, 6) is -0.724. The highest BCUT2D eigenvalue weighted by atomic mass is 35.5. The van der Waals surface area contributed by atoms with Crippen molar-refractivity contribution in [3.8, 4) is 11.6 Å². The van der Waals surface area contributed by atoms with Crippen molar-refractivity contribution in [2.45, 2.75) is 62.7 Å². The highest BCUT2D eigenvalue weighted by Crippen LogP contribution is 2.47. The Morgan fingerprint density at radius 2 is 1.90 bits per heavy atom. The second-order valence-electron chi connectivity index (χ2n) is 17.9. The second kappa shape index (κ2) is 18.0. The molecule has 2 fully saturated rings. The molecule has 14 nitrogen and oxygen atoms in total. The van der Waals surface area contributed by atoms with Gasteiger partial charge in [-0.1, -0.05) is 36.7 Å². The molecule has 2 aromatic carbocycles. The number of aryl methyl sites for hydroxylation is 2. The molecule has 3 aromatic rings. The summed E-state index contributed by atoms with van der Waals surface area (Å²) in [5, 5.41) is 4.93. The number of halogens is 1. The van der Waals surface area contributed by atoms with E-state index in [9.17, 15) is 9.59 Å². The van der Waals surface area contributed by atoms with Crippen LogP contribution in [0.4, 0.5) is 5.69 Å². The van der Waals surface area contributed by atoms with Crippen molar-refractivity contribution in [3.63, 3.8) is 0 Å². The molecule has 2 amide bonds. The molecule has 2 bridgehead atoms. The first-order valence-corrected chi connectivity index (χ1v) is 23.5. The number of hydrogen-bond acceptors (Lipinski definition) is 11. The van der Waals surface area contributed by atoms with Crippen LogP contribution in [0.5, 0.6) is 11.6 Å². The second-order valence-corrected chi connectivity index (χ2v) is 20.4. The zero-order chi connectivity index (χ0) is 43.1. The Kier molecular flexibility index (Phi) is 12.9. The van der Waals surface area contributed by atoms with Crippen LogP contribution in [0.15, 0.2) is 59.1 Å². The van der Waals surface area contributed by atoms with Crippen molar-refractivity contribution < 1.29 is 32.7 Å². The SMILES string of the molecule is COc1nn(C)cc1C(=O)N[S@@]1(=O)=NC(=O)c2ccc3c(c2)N(C[C@@H]2CC[C@H]2[C@@H](OC)/C=C/[C@H](OCCN2CC(N(C)C)C2)[C@H](C)C1)C[C@@]1(CCCc2cc(Cl)ccc21)CO3. The van der Waals surface area contributed by atoms with Crippen molar-refractivity contribution in [2.75, 3.05) is 84.9 Å². The Bertz CT molecular complexity index is 2270. The van der Waals surface area contributed by atoms with Crippen LogP contribution >= 0.6 is 11.6 Å². The average molecular weight is 879 g/mol. The molecule has 8 rings (SSSR count). The van der Waals surface area contributed by atoms with Crippen LogP contribution in [0.3, 0.4) is 0 Å². The number of likely N-dealkylation sites (tertiary alicyclic amines) is 1. The number of carbonyl (C=O) groups is 2. The molecule has 0 unspecified atom stereocenters. The smallest absolute Gasteiger partial charge is 0.286 e. The van der Waals surface area contributed by atoms with Crippen molar-refractivity contribution in [1.82, 2.24) is 24.3 Å². The fourth-order valence-corrected chi connectivity index (χ4v) is 12.0. The first-order valence-electron chi connectivity index (χ1n) is 21.5. The number of methoxy groups -OCH3 is 2. The van der Waals surface area contributed by atoms with E-state index in [2.05, 4.69) is 61.2 Å². The van der Waals surface area contributed by atoms with Crippen molar-refractivity contribution >= 4 is 39.0 Å². The molecule has 1 saturated carbocycles. The lowest BCUT2D eigenvalue weighted by Crippen LogP contribution is -2.57. The average Bonchev–Trinajstić information content (AvgIpc) is 3.52. The van der Waals surface area contributed by atoms with Crippen LogP contribution < -0.4 is 19.1 Å². The van der Waals surface area contributed by atoms with Gasteiger partial charge in [-0.15, -0.1) is 9.46 Å². The van der Waals surface area contributed by atoms with E-state index in [1.54, 1.807) is 20.2 Å². The number of nitrogens with one attached hydrogen (secondary N) is 1. The van der Waals surface area contributed by atoms with Gasteiger partial charge < -0.3 is 28.7 Å². The number of benzene rings is 2. The predicted octanol–water partition coefficient (Wildman–Crippen LogP) is 5.39. The quantitative estimate of drug-likeness (QED) is 0.277. The number of hydrogen-bond donors (Lipinski definition) is 1. The van der Waals surface area contributed by atoms with E-state index in [1.807, 2.05) is 31.2 Å². The zero-order valence-corrected chi connectivity index (χ0v) is 37.8. The molecule has 0 radical (unpaired) electrons. The first-order chi connectivity index (χ1) is 29.3. The molecule has 2 aliphatic carbocycles. The number of anilines is 1. The topological polar surface area (TPSA) is 140 Å². The minimum Gasteiger partial charge on any atom is -0.490 e. The first kappa shape index (κ1) is 43.7. The molecule has 1 aromatic heterocycles. The molecule has 1 saturated heterocycles. The van der Waals surface area contributed by atoms with Gasteiger partial charge in [0.05, 0.1) is 44.0 Å². The maximum Gasteiger partial charge on any atom is 0.286 e. The lowest BCUT2D eigenvalue weighted by atomic mass is 9.68. The molecular weight excluding hydrogens is 818 g/mol. The Hall–Kier alpha value is -3.99. The van der Waals surface area contributed by atoms with Crippen LogP contribution in [0.1, 0.15) is 64.4 Å². The molecule has 1 N–H and O–H groups in total. The molecule has 5 aliphatic rings. The number of rotatable bonds is 9. The Morgan fingerprint density at radius 1 is 1.10 bits per heavy atom. The lowest BCUT2D eigenvalue weighted by molar-refractivity contribution is 0.000443. The highest BCUT2D eigenvalue weighted by Gasteiger charge is 2.45. The zero-order valence-electron chi connectivity index (χ0n) is 36.2. The van der Waals surface area contributed by atoms with Gasteiger partial charge in [-0.25, -0.2) is 4.21 Å². The van der Waals surface area contributed by atoms with Gasteiger partial charge in [0.25, 0.3) is 11.8 Å². The standard InChI is InChI=1S/C45H60ClN7O7S/c1-29-26-61(56,49-43(55)36-25-51(4)47-44(36)58-6)48-42(54)31-10-14-41-38(21-31)53(27-45(28-60-41)17-7-8-30-20-33(46)11-13-37(30)45)22-32-9-12-35(32)40(57-5)16-15-39(29)59-19-18-52-23-34(24-52)50(2)3/h10-11,13-16,20-21,25,29,32,34-35,39-40H,7-9,12,17-19,22-24,26-28H2,1-6H3,(H,48,49,54,55,56)/b16-15+/t29-,32+,35-,39+,40+,45+,61+/m1/s1. The lowest BCUT2D eigenvalue weighted by Gasteiger charge is -2.46. The third-order valence-corrected chi connectivity index (χ3v) is 15.7. The summed E-state index contributed by atoms with van der Waals surface area (Å²) in [7, 11) is 5.24. The van der Waals surface area contributed by atoms with Crippen molar-refractivity contribution in [3.05, 3.63) is 82.0 Å². The Labute approximate surface area is 365 Å². The summed E-state index contributed by atoms with van der Waals surface area (Å²) in [5.41, 5.74) is 3.31. The Balaban J connectivity index is 1.17. The Morgan fingerprint density at radius 3 is 2.64 bits per heavy atom. The van der Waals surface area contributed by atoms with Gasteiger partial charge in [-0.2, -0.15) is 0 Å². The van der Waals surface area contributed by atoms with Crippen LogP contribution in [0, 0.1) is 17.8 Å². The third kappa shape index (κ3) is 9.24. The molecular formula is C45H60ClN7O7S. The molecule has 7 atom stereocenters. The van der Waals surface area contributed by atoms with Gasteiger partial charge in [0.2, 0.25) is 5.88 Å². The van der Waals surface area contributed by atoms with Gasteiger partial charge in [0, 0.05) is 81.0 Å². The number of fused-ring (bicyclic) bond motifs is 4. The molecule has 1 spiro atoms. The normalized spacial score (nSPS) is 29.9. The third-order valence-electron chi connectivity index (χ3n) is 13.6. The number of nitrogens with zero attached hydrogens (tertiary/aromatic N) is 6. The van der Waals surface area contributed by atoms with Crippen LogP contribution in [-0.2, 0) is 38.3 Å². The molecule has 4 heterocycles. The highest BCUT2D eigenvalue weighted by molar-refractivity contribution is 7.92. The summed E-state index contributed by atoms with van der Waals surface area (Å²) in [6, 6.07) is 12.0. The number of ether oxygens (including phenoxy) is 4. The van der Waals surface area contributed by atoms with Gasteiger partial charge in [0.15, 0.2) is 0 Å². The molecule has 3 aliphatic heterocycles. The minimum atomic E-state index is -3.77. The summed E-state index contributed by atoms with van der Waals surface area (Å²) in [6.45, 7) is 6.93. The van der Waals surface area contributed by atoms with E-state index in [4.69, 9.17) is 30.5 Å². The largest absolute Gasteiger partial charge is 0.490 e.